The zero-order valence-corrected chi connectivity index (χ0v) is 26.9. The Hall–Kier alpha value is -5.46. The van der Waals surface area contributed by atoms with Crippen LogP contribution in [0.4, 0.5) is 0 Å². The van der Waals surface area contributed by atoms with Gasteiger partial charge in [-0.15, -0.1) is 0 Å². The smallest absolute Gasteiger partial charge is 0.0183 e. The van der Waals surface area contributed by atoms with E-state index in [2.05, 4.69) is 164 Å². The van der Waals surface area contributed by atoms with Gasteiger partial charge in [0.2, 0.25) is 0 Å². The van der Waals surface area contributed by atoms with Gasteiger partial charge in [-0.25, -0.2) is 0 Å². The normalized spacial score (nSPS) is 20.9. The molecule has 0 aliphatic heterocycles. The summed E-state index contributed by atoms with van der Waals surface area (Å²) in [6.45, 7) is 0. The van der Waals surface area contributed by atoms with Crippen LogP contribution in [0.15, 0.2) is 181 Å². The average Bonchev–Trinajstić information content (AvgIpc) is 3.49. The van der Waals surface area contributed by atoms with Gasteiger partial charge >= 0.3 is 0 Å². The van der Waals surface area contributed by atoms with Crippen LogP contribution in [-0.2, 0) is 0 Å². The summed E-state index contributed by atoms with van der Waals surface area (Å²) in [5.41, 5.74) is 15.4. The van der Waals surface area contributed by atoms with E-state index >= 15 is 0 Å². The summed E-state index contributed by atoms with van der Waals surface area (Å²) in [6, 6.07) is 47.9. The van der Waals surface area contributed by atoms with Crippen molar-refractivity contribution < 1.29 is 0 Å². The summed E-state index contributed by atoms with van der Waals surface area (Å²) in [5, 5.41) is 5.34. The molecule has 4 aliphatic rings. The highest BCUT2D eigenvalue weighted by Crippen LogP contribution is 2.63. The molecule has 0 heteroatoms. The molecule has 0 aromatic heterocycles. The number of rotatable bonds is 4. The van der Waals surface area contributed by atoms with Crippen molar-refractivity contribution in [3.63, 3.8) is 0 Å². The molecule has 228 valence electrons. The van der Waals surface area contributed by atoms with Gasteiger partial charge in [-0.2, -0.15) is 0 Å². The summed E-state index contributed by atoms with van der Waals surface area (Å²) >= 11 is 0. The maximum atomic E-state index is 2.49. The molecule has 0 saturated carbocycles. The number of hydrogen-bond donors (Lipinski definition) is 0. The predicted molar refractivity (Wildman–Crippen MR) is 203 cm³/mol. The SMILES string of the molecule is C1=CCC2C(=C1)C(C1=CCCC=C1)=C1c3cccc4c(-c5cc6ccccc6cc5-c5ccccc5)ccc(c34)C1C2c1ccccc1. The van der Waals surface area contributed by atoms with E-state index < -0.39 is 0 Å². The Labute approximate surface area is 282 Å². The molecule has 6 aromatic carbocycles. The third kappa shape index (κ3) is 4.15. The van der Waals surface area contributed by atoms with Crippen LogP contribution in [0, 0.1) is 5.92 Å². The maximum Gasteiger partial charge on any atom is 0.0183 e. The first-order valence-electron chi connectivity index (χ1n) is 17.5. The van der Waals surface area contributed by atoms with E-state index in [0.717, 1.165) is 19.3 Å². The van der Waals surface area contributed by atoms with Gasteiger partial charge in [-0.05, 0) is 120 Å². The van der Waals surface area contributed by atoms with Crippen molar-refractivity contribution >= 4 is 27.1 Å². The summed E-state index contributed by atoms with van der Waals surface area (Å²) in [4.78, 5) is 0. The fourth-order valence-electron chi connectivity index (χ4n) is 9.32. The lowest BCUT2D eigenvalue weighted by molar-refractivity contribution is 0.449. The molecule has 0 heterocycles. The second-order valence-electron chi connectivity index (χ2n) is 13.8. The van der Waals surface area contributed by atoms with Gasteiger partial charge in [-0.3, -0.25) is 0 Å². The number of allylic oxidation sites excluding steroid dienone is 10. The van der Waals surface area contributed by atoms with Crippen LogP contribution in [-0.4, -0.2) is 0 Å². The Morgan fingerprint density at radius 1 is 0.583 bits per heavy atom. The van der Waals surface area contributed by atoms with Crippen LogP contribution < -0.4 is 0 Å². The quantitative estimate of drug-likeness (QED) is 0.186. The zero-order valence-electron chi connectivity index (χ0n) is 26.9. The minimum atomic E-state index is 0.298. The van der Waals surface area contributed by atoms with Gasteiger partial charge < -0.3 is 0 Å². The molecule has 0 amide bonds. The Morgan fingerprint density at radius 3 is 2.15 bits per heavy atom. The second-order valence-corrected chi connectivity index (χ2v) is 13.8. The van der Waals surface area contributed by atoms with Gasteiger partial charge in [0.15, 0.2) is 0 Å². The van der Waals surface area contributed by atoms with Crippen molar-refractivity contribution in [3.8, 4) is 22.3 Å². The first-order chi connectivity index (χ1) is 23.8. The molecule has 0 radical (unpaired) electrons. The molecular weight excluding hydrogens is 577 g/mol. The fourth-order valence-corrected chi connectivity index (χ4v) is 9.32. The van der Waals surface area contributed by atoms with Gasteiger partial charge in [0.25, 0.3) is 0 Å². The van der Waals surface area contributed by atoms with E-state index in [0.29, 0.717) is 17.8 Å². The minimum Gasteiger partial charge on any atom is -0.0839 e. The maximum absolute atomic E-state index is 2.49. The van der Waals surface area contributed by atoms with E-state index in [-0.39, 0.29) is 0 Å². The Balaban J connectivity index is 1.29. The third-order valence-corrected chi connectivity index (χ3v) is 11.3. The van der Waals surface area contributed by atoms with Crippen LogP contribution in [0.25, 0.3) is 49.4 Å². The molecule has 0 saturated heterocycles. The lowest BCUT2D eigenvalue weighted by atomic mass is 9.60. The Kier molecular flexibility index (Phi) is 6.37. The number of fused-ring (bicyclic) bond motifs is 5. The molecule has 0 spiro atoms. The molecule has 0 fully saturated rings. The van der Waals surface area contributed by atoms with Crippen LogP contribution >= 0.6 is 0 Å². The first-order valence-corrected chi connectivity index (χ1v) is 17.5. The van der Waals surface area contributed by atoms with E-state index in [4.69, 9.17) is 0 Å². The fraction of sp³-hybridized carbons (Fsp3) is 0.125. The molecule has 10 rings (SSSR count). The Bertz CT molecular complexity index is 2410. The number of benzene rings is 6. The molecule has 6 aromatic rings. The summed E-state index contributed by atoms with van der Waals surface area (Å²) < 4.78 is 0. The van der Waals surface area contributed by atoms with Crippen LogP contribution in [0.5, 0.6) is 0 Å². The summed E-state index contributed by atoms with van der Waals surface area (Å²) in [6.07, 6.45) is 17.7. The molecular formula is C48H36. The van der Waals surface area contributed by atoms with Crippen molar-refractivity contribution in [2.45, 2.75) is 31.1 Å². The summed E-state index contributed by atoms with van der Waals surface area (Å²) in [7, 11) is 0. The van der Waals surface area contributed by atoms with E-state index in [9.17, 15) is 0 Å². The lowest BCUT2D eigenvalue weighted by Gasteiger charge is -2.43. The van der Waals surface area contributed by atoms with Gasteiger partial charge in [0.1, 0.15) is 0 Å². The molecule has 0 nitrogen and oxygen atoms in total. The average molecular weight is 613 g/mol. The van der Waals surface area contributed by atoms with Crippen molar-refractivity contribution in [3.05, 3.63) is 197 Å². The van der Waals surface area contributed by atoms with Crippen molar-refractivity contribution in [1.82, 2.24) is 0 Å². The van der Waals surface area contributed by atoms with Crippen molar-refractivity contribution in [2.24, 2.45) is 5.92 Å². The molecule has 0 N–H and O–H groups in total. The zero-order chi connectivity index (χ0) is 31.6. The molecule has 3 atom stereocenters. The third-order valence-electron chi connectivity index (χ3n) is 11.3. The van der Waals surface area contributed by atoms with Crippen molar-refractivity contribution in [2.75, 3.05) is 0 Å². The number of hydrogen-bond acceptors (Lipinski definition) is 0. The largest absolute Gasteiger partial charge is 0.0839 e. The predicted octanol–water partition coefficient (Wildman–Crippen LogP) is 12.8. The van der Waals surface area contributed by atoms with Crippen LogP contribution in [0.2, 0.25) is 0 Å². The molecule has 48 heavy (non-hydrogen) atoms. The lowest BCUT2D eigenvalue weighted by Crippen LogP contribution is -2.29. The van der Waals surface area contributed by atoms with Gasteiger partial charge in [-0.1, -0.05) is 152 Å². The first kappa shape index (κ1) is 27.6. The minimum absolute atomic E-state index is 0.298. The van der Waals surface area contributed by atoms with Crippen molar-refractivity contribution in [1.29, 1.82) is 0 Å². The van der Waals surface area contributed by atoms with E-state index in [1.807, 2.05) is 0 Å². The van der Waals surface area contributed by atoms with Crippen LogP contribution in [0.3, 0.4) is 0 Å². The monoisotopic (exact) mass is 612 g/mol. The molecule has 4 aliphatic carbocycles. The standard InChI is InChI=1S/C48H36/c1-4-15-31(16-5-1)42-29-34-21-10-11-22-35(34)30-43(42)36-27-28-41-46-37(36)25-14-26-40(46)47-44(32-17-6-2-7-18-32)38-23-12-13-24-39(38)45(48(41)47)33-19-8-3-9-20-33/h1,3-6,8-23,25-30,39,45,48H,2,7,24H2. The molecule has 3 unspecified atom stereocenters. The Morgan fingerprint density at radius 2 is 1.35 bits per heavy atom. The van der Waals surface area contributed by atoms with E-state index in [1.54, 1.807) is 0 Å². The van der Waals surface area contributed by atoms with Gasteiger partial charge in [0, 0.05) is 11.8 Å². The van der Waals surface area contributed by atoms with E-state index in [1.165, 1.54) is 82.8 Å². The highest BCUT2D eigenvalue weighted by atomic mass is 14.5. The molecule has 0 bridgehead atoms. The topological polar surface area (TPSA) is 0 Å². The highest BCUT2D eigenvalue weighted by molar-refractivity contribution is 6.13. The highest BCUT2D eigenvalue weighted by Gasteiger charge is 2.47. The second kappa shape index (κ2) is 11.1. The summed E-state index contributed by atoms with van der Waals surface area (Å²) in [5.74, 6) is 1.11. The van der Waals surface area contributed by atoms with Gasteiger partial charge in [0.05, 0.1) is 0 Å². The van der Waals surface area contributed by atoms with Crippen LogP contribution in [0.1, 0.15) is 47.8 Å².